The Kier molecular flexibility index (Phi) is 5.68. The molecule has 1 N–H and O–H groups in total. The van der Waals surface area contributed by atoms with Gasteiger partial charge in [-0.05, 0) is 23.6 Å². The third-order valence-electron chi connectivity index (χ3n) is 4.66. The van der Waals surface area contributed by atoms with Crippen molar-refractivity contribution in [2.45, 2.75) is 25.9 Å². The molecule has 0 bridgehead atoms. The fourth-order valence-electron chi connectivity index (χ4n) is 3.37. The smallest absolute Gasteiger partial charge is 0.247 e. The number of aryl methyl sites for hydroxylation is 1. The summed E-state index contributed by atoms with van der Waals surface area (Å²) in [4.78, 5) is 27.2. The van der Waals surface area contributed by atoms with E-state index in [1.54, 1.807) is 12.0 Å². The Morgan fingerprint density at radius 1 is 1.23 bits per heavy atom. The van der Waals surface area contributed by atoms with Crippen LogP contribution in [0.4, 0.5) is 0 Å². The van der Waals surface area contributed by atoms with Crippen LogP contribution in [0.2, 0.25) is 0 Å². The molecular weight excluding hydrogens is 328 g/mol. The molecule has 136 valence electrons. The first kappa shape index (κ1) is 18.1. The van der Waals surface area contributed by atoms with Crippen molar-refractivity contribution in [1.82, 2.24) is 10.2 Å². The monoisotopic (exact) mass is 352 g/mol. The normalized spacial score (nSPS) is 16.3. The molecule has 0 saturated carbocycles. The maximum Gasteiger partial charge on any atom is 0.247 e. The van der Waals surface area contributed by atoms with Gasteiger partial charge in [0.2, 0.25) is 11.8 Å². The summed E-state index contributed by atoms with van der Waals surface area (Å²) >= 11 is 0. The molecule has 0 spiro atoms. The first-order valence-corrected chi connectivity index (χ1v) is 8.79. The molecule has 0 fully saturated rings. The average Bonchev–Trinajstić information content (AvgIpc) is 2.64. The Morgan fingerprint density at radius 3 is 2.81 bits per heavy atom. The topological polar surface area (TPSA) is 58.6 Å². The summed E-state index contributed by atoms with van der Waals surface area (Å²) in [6.45, 7) is 3.25. The molecule has 2 aromatic rings. The summed E-state index contributed by atoms with van der Waals surface area (Å²) in [6.07, 6.45) is 0.321. The summed E-state index contributed by atoms with van der Waals surface area (Å²) in [7, 11) is 1.59. The van der Waals surface area contributed by atoms with E-state index >= 15 is 0 Å². The number of hydrogen-bond donors (Lipinski definition) is 1. The van der Waals surface area contributed by atoms with E-state index in [0.29, 0.717) is 26.1 Å². The van der Waals surface area contributed by atoms with E-state index in [4.69, 9.17) is 4.74 Å². The molecule has 0 aliphatic carbocycles. The highest BCUT2D eigenvalue weighted by atomic mass is 16.5. The Labute approximate surface area is 154 Å². The molecule has 3 rings (SSSR count). The van der Waals surface area contributed by atoms with E-state index in [-0.39, 0.29) is 11.8 Å². The van der Waals surface area contributed by atoms with Crippen LogP contribution >= 0.6 is 0 Å². The minimum Gasteiger partial charge on any atom is -0.383 e. The van der Waals surface area contributed by atoms with Gasteiger partial charge in [-0.1, -0.05) is 54.1 Å². The number of carbonyl (C=O) groups is 2. The van der Waals surface area contributed by atoms with Crippen LogP contribution < -0.4 is 5.32 Å². The molecule has 26 heavy (non-hydrogen) atoms. The second kappa shape index (κ2) is 8.15. The lowest BCUT2D eigenvalue weighted by Crippen LogP contribution is -2.48. The predicted molar refractivity (Wildman–Crippen MR) is 99.5 cm³/mol. The number of methoxy groups -OCH3 is 1. The quantitative estimate of drug-likeness (QED) is 0.868. The van der Waals surface area contributed by atoms with Crippen LogP contribution in [-0.4, -0.2) is 37.0 Å². The minimum atomic E-state index is -0.618. The van der Waals surface area contributed by atoms with E-state index in [1.165, 1.54) is 0 Å². The van der Waals surface area contributed by atoms with Gasteiger partial charge in [-0.3, -0.25) is 9.59 Å². The van der Waals surface area contributed by atoms with Crippen LogP contribution in [0.3, 0.4) is 0 Å². The molecular formula is C21H24N2O3. The minimum absolute atomic E-state index is 0.0449. The van der Waals surface area contributed by atoms with Gasteiger partial charge in [0.15, 0.2) is 0 Å². The molecule has 2 aromatic carbocycles. The molecule has 1 aliphatic rings. The molecule has 0 aromatic heterocycles. The fraction of sp³-hybridized carbons (Fsp3) is 0.333. The molecule has 1 aliphatic heterocycles. The van der Waals surface area contributed by atoms with Crippen molar-refractivity contribution < 1.29 is 14.3 Å². The van der Waals surface area contributed by atoms with E-state index in [0.717, 1.165) is 22.3 Å². The number of carbonyl (C=O) groups excluding carboxylic acids is 2. The average molecular weight is 352 g/mol. The molecule has 1 atom stereocenters. The van der Waals surface area contributed by atoms with Crippen molar-refractivity contribution in [3.8, 4) is 0 Å². The molecule has 2 amide bonds. The van der Waals surface area contributed by atoms with Crippen LogP contribution in [0.1, 0.15) is 28.3 Å². The third-order valence-corrected chi connectivity index (χ3v) is 4.66. The third kappa shape index (κ3) is 3.94. The van der Waals surface area contributed by atoms with Crippen molar-refractivity contribution in [1.29, 1.82) is 0 Å². The Bertz CT molecular complexity index is 803. The molecule has 0 radical (unpaired) electrons. The van der Waals surface area contributed by atoms with Crippen LogP contribution in [0.15, 0.2) is 48.5 Å². The van der Waals surface area contributed by atoms with Crippen molar-refractivity contribution in [2.24, 2.45) is 0 Å². The standard InChI is InChI=1S/C21H24N2O3/c1-15-6-5-7-16(12-15)14-22-21(25)20-18-9-4-3-8-17(18)13-19(24)23(20)10-11-26-2/h3-9,12,20H,10-11,13-14H2,1-2H3,(H,22,25)/t20-/m1/s1. The number of ether oxygens (including phenoxy) is 1. The van der Waals surface area contributed by atoms with Crippen LogP contribution in [0, 0.1) is 6.92 Å². The summed E-state index contributed by atoms with van der Waals surface area (Å²) in [5.74, 6) is -0.209. The van der Waals surface area contributed by atoms with Crippen LogP contribution in [0.5, 0.6) is 0 Å². The van der Waals surface area contributed by atoms with Crippen molar-refractivity contribution in [3.63, 3.8) is 0 Å². The highest BCUT2D eigenvalue weighted by molar-refractivity contribution is 5.92. The first-order chi connectivity index (χ1) is 12.6. The fourth-order valence-corrected chi connectivity index (χ4v) is 3.37. The zero-order valence-corrected chi connectivity index (χ0v) is 15.2. The van der Waals surface area contributed by atoms with Gasteiger partial charge in [0, 0.05) is 20.2 Å². The number of nitrogens with zero attached hydrogens (tertiary/aromatic N) is 1. The lowest BCUT2D eigenvalue weighted by Gasteiger charge is -2.36. The largest absolute Gasteiger partial charge is 0.383 e. The van der Waals surface area contributed by atoms with Gasteiger partial charge in [0.05, 0.1) is 13.0 Å². The van der Waals surface area contributed by atoms with Crippen molar-refractivity contribution in [3.05, 3.63) is 70.8 Å². The molecule has 0 unspecified atom stereocenters. The van der Waals surface area contributed by atoms with Gasteiger partial charge in [0.1, 0.15) is 6.04 Å². The molecule has 5 nitrogen and oxygen atoms in total. The second-order valence-corrected chi connectivity index (χ2v) is 6.56. The predicted octanol–water partition coefficient (Wildman–Crippen LogP) is 2.38. The van der Waals surface area contributed by atoms with Gasteiger partial charge >= 0.3 is 0 Å². The van der Waals surface area contributed by atoms with Gasteiger partial charge < -0.3 is 15.0 Å². The van der Waals surface area contributed by atoms with E-state index in [2.05, 4.69) is 5.32 Å². The Hall–Kier alpha value is -2.66. The lowest BCUT2D eigenvalue weighted by molar-refractivity contribution is -0.142. The van der Waals surface area contributed by atoms with Crippen molar-refractivity contribution in [2.75, 3.05) is 20.3 Å². The van der Waals surface area contributed by atoms with Gasteiger partial charge in [-0.15, -0.1) is 0 Å². The second-order valence-electron chi connectivity index (χ2n) is 6.56. The molecule has 5 heteroatoms. The highest BCUT2D eigenvalue weighted by Gasteiger charge is 2.36. The summed E-state index contributed by atoms with van der Waals surface area (Å²) in [5.41, 5.74) is 4.00. The molecule has 1 heterocycles. The van der Waals surface area contributed by atoms with Crippen LogP contribution in [-0.2, 0) is 27.3 Å². The van der Waals surface area contributed by atoms with Gasteiger partial charge in [-0.2, -0.15) is 0 Å². The number of benzene rings is 2. The molecule has 0 saturated heterocycles. The van der Waals surface area contributed by atoms with Crippen LogP contribution in [0.25, 0.3) is 0 Å². The summed E-state index contributed by atoms with van der Waals surface area (Å²) in [5, 5.41) is 2.99. The number of amides is 2. The van der Waals surface area contributed by atoms with E-state index in [9.17, 15) is 9.59 Å². The maximum absolute atomic E-state index is 13.0. The number of hydrogen-bond acceptors (Lipinski definition) is 3. The number of nitrogens with one attached hydrogen (secondary N) is 1. The van der Waals surface area contributed by atoms with E-state index < -0.39 is 6.04 Å². The van der Waals surface area contributed by atoms with Gasteiger partial charge in [0.25, 0.3) is 0 Å². The SMILES string of the molecule is COCCN1C(=O)Cc2ccccc2[C@@H]1C(=O)NCc1cccc(C)c1. The number of rotatable bonds is 6. The number of fused-ring (bicyclic) bond motifs is 1. The van der Waals surface area contributed by atoms with E-state index in [1.807, 2.05) is 55.5 Å². The maximum atomic E-state index is 13.0. The zero-order valence-electron chi connectivity index (χ0n) is 15.2. The first-order valence-electron chi connectivity index (χ1n) is 8.79. The zero-order chi connectivity index (χ0) is 18.5. The summed E-state index contributed by atoms with van der Waals surface area (Å²) in [6, 6.07) is 15.1. The van der Waals surface area contributed by atoms with Gasteiger partial charge in [-0.25, -0.2) is 0 Å². The lowest BCUT2D eigenvalue weighted by atomic mass is 9.91. The Balaban J connectivity index is 1.82. The highest BCUT2D eigenvalue weighted by Crippen LogP contribution is 2.30. The Morgan fingerprint density at radius 2 is 2.04 bits per heavy atom. The van der Waals surface area contributed by atoms with Crippen molar-refractivity contribution >= 4 is 11.8 Å². The summed E-state index contributed by atoms with van der Waals surface area (Å²) < 4.78 is 5.13.